The van der Waals surface area contributed by atoms with E-state index in [0.717, 1.165) is 28.8 Å². The van der Waals surface area contributed by atoms with Crippen LogP contribution >= 0.6 is 35.6 Å². The maximum absolute atomic E-state index is 6.40. The van der Waals surface area contributed by atoms with Crippen molar-refractivity contribution in [3.05, 3.63) is 52.5 Å². The van der Waals surface area contributed by atoms with Crippen molar-refractivity contribution in [2.24, 2.45) is 0 Å². The highest BCUT2D eigenvalue weighted by Crippen LogP contribution is 2.34. The minimum Gasteiger partial charge on any atom is -0.353 e. The lowest BCUT2D eigenvalue weighted by molar-refractivity contribution is 0.482. The summed E-state index contributed by atoms with van der Waals surface area (Å²) in [7, 11) is 0. The number of piperidine rings is 1. The monoisotopic (exact) mass is 407 g/mol. The van der Waals surface area contributed by atoms with E-state index in [0.29, 0.717) is 21.9 Å². The quantitative estimate of drug-likeness (QED) is 0.491. The lowest BCUT2D eigenvalue weighted by atomic mass is 10.0. The molecular formula is C20H20Cl3N3. The summed E-state index contributed by atoms with van der Waals surface area (Å²) in [5.41, 5.74) is 1.74. The summed E-state index contributed by atoms with van der Waals surface area (Å²) in [4.78, 5) is 12.1. The molecule has 0 N–H and O–H groups in total. The third kappa shape index (κ3) is 3.62. The summed E-state index contributed by atoms with van der Waals surface area (Å²) < 4.78 is 0. The van der Waals surface area contributed by atoms with Gasteiger partial charge in [0.15, 0.2) is 5.82 Å². The number of anilines is 1. The van der Waals surface area contributed by atoms with E-state index in [4.69, 9.17) is 33.2 Å². The Morgan fingerprint density at radius 3 is 2.62 bits per heavy atom. The first-order valence-electron chi connectivity index (χ1n) is 8.62. The molecule has 26 heavy (non-hydrogen) atoms. The minimum atomic E-state index is 0. The fourth-order valence-electron chi connectivity index (χ4n) is 3.48. The number of nitrogens with zero attached hydrogens (tertiary/aromatic N) is 3. The molecule has 2 heterocycles. The van der Waals surface area contributed by atoms with Crippen LogP contribution in [0.25, 0.3) is 22.3 Å². The summed E-state index contributed by atoms with van der Waals surface area (Å²) >= 11 is 12.4. The van der Waals surface area contributed by atoms with Gasteiger partial charge in [0.25, 0.3) is 0 Å². The number of para-hydroxylation sites is 1. The molecule has 1 aliphatic rings. The molecule has 0 bridgehead atoms. The van der Waals surface area contributed by atoms with E-state index < -0.39 is 0 Å². The van der Waals surface area contributed by atoms with Gasteiger partial charge in [-0.25, -0.2) is 9.97 Å². The largest absolute Gasteiger partial charge is 0.353 e. The SMILES string of the molecule is CC1CCCCN1c1nc(-c2ccc(Cl)cc2Cl)nc2ccccc12.Cl. The van der Waals surface area contributed by atoms with Crippen LogP contribution in [0.2, 0.25) is 10.0 Å². The van der Waals surface area contributed by atoms with E-state index in [2.05, 4.69) is 17.9 Å². The van der Waals surface area contributed by atoms with Crippen LogP contribution in [0.4, 0.5) is 5.82 Å². The van der Waals surface area contributed by atoms with Gasteiger partial charge in [-0.1, -0.05) is 35.3 Å². The van der Waals surface area contributed by atoms with Crippen LogP contribution in [0, 0.1) is 0 Å². The summed E-state index contributed by atoms with van der Waals surface area (Å²) in [6, 6.07) is 14.1. The van der Waals surface area contributed by atoms with Gasteiger partial charge < -0.3 is 4.90 Å². The molecule has 0 amide bonds. The zero-order valence-corrected chi connectivity index (χ0v) is 16.8. The zero-order valence-electron chi connectivity index (χ0n) is 14.5. The van der Waals surface area contributed by atoms with E-state index in [1.54, 1.807) is 6.07 Å². The molecule has 0 radical (unpaired) electrons. The molecule has 0 spiro atoms. The summed E-state index contributed by atoms with van der Waals surface area (Å²) in [5.74, 6) is 1.65. The normalized spacial score (nSPS) is 17.2. The Hall–Kier alpha value is -1.55. The van der Waals surface area contributed by atoms with Gasteiger partial charge in [-0.3, -0.25) is 0 Å². The fraction of sp³-hybridized carbons (Fsp3) is 0.300. The van der Waals surface area contributed by atoms with Gasteiger partial charge in [0.05, 0.1) is 10.5 Å². The Morgan fingerprint density at radius 1 is 1.04 bits per heavy atom. The highest BCUT2D eigenvalue weighted by atomic mass is 35.5. The highest BCUT2D eigenvalue weighted by Gasteiger charge is 2.23. The zero-order chi connectivity index (χ0) is 17.4. The molecule has 3 aromatic rings. The predicted octanol–water partition coefficient (Wildman–Crippen LogP) is 6.40. The van der Waals surface area contributed by atoms with E-state index in [1.807, 2.05) is 30.3 Å². The van der Waals surface area contributed by atoms with Crippen LogP contribution in [0.5, 0.6) is 0 Å². The third-order valence-corrected chi connectivity index (χ3v) is 5.38. The van der Waals surface area contributed by atoms with Crippen LogP contribution in [0.3, 0.4) is 0 Å². The highest BCUT2D eigenvalue weighted by molar-refractivity contribution is 6.36. The van der Waals surface area contributed by atoms with E-state index in [9.17, 15) is 0 Å². The van der Waals surface area contributed by atoms with Gasteiger partial charge in [-0.2, -0.15) is 0 Å². The smallest absolute Gasteiger partial charge is 0.163 e. The fourth-order valence-corrected chi connectivity index (χ4v) is 3.98. The van der Waals surface area contributed by atoms with Crippen molar-refractivity contribution in [3.63, 3.8) is 0 Å². The maximum atomic E-state index is 6.40. The van der Waals surface area contributed by atoms with Gasteiger partial charge >= 0.3 is 0 Å². The number of aromatic nitrogens is 2. The average Bonchev–Trinajstić information content (AvgIpc) is 2.61. The molecule has 4 rings (SSSR count). The molecule has 136 valence electrons. The summed E-state index contributed by atoms with van der Waals surface area (Å²) in [6.07, 6.45) is 3.66. The molecule has 1 unspecified atom stereocenters. The lowest BCUT2D eigenvalue weighted by Gasteiger charge is -2.35. The van der Waals surface area contributed by atoms with Crippen LogP contribution < -0.4 is 4.90 Å². The number of rotatable bonds is 2. The minimum absolute atomic E-state index is 0. The van der Waals surface area contributed by atoms with Crippen molar-refractivity contribution in [1.82, 2.24) is 9.97 Å². The standard InChI is InChI=1S/C20H19Cl2N3.ClH/c1-13-6-4-5-11-25(13)20-16-7-2-3-8-18(16)23-19(24-20)15-10-9-14(21)12-17(15)22;/h2-3,7-10,12-13H,4-6,11H2,1H3;1H. The number of fused-ring (bicyclic) bond motifs is 1. The van der Waals surface area contributed by atoms with Crippen molar-refractivity contribution >= 4 is 52.3 Å². The van der Waals surface area contributed by atoms with Crippen molar-refractivity contribution in [1.29, 1.82) is 0 Å². The number of hydrogen-bond donors (Lipinski definition) is 0. The Morgan fingerprint density at radius 2 is 1.85 bits per heavy atom. The molecular weight excluding hydrogens is 389 g/mol. The van der Waals surface area contributed by atoms with Gasteiger partial charge in [0.2, 0.25) is 0 Å². The summed E-state index contributed by atoms with van der Waals surface area (Å²) in [6.45, 7) is 3.29. The molecule has 0 saturated carbocycles. The first kappa shape index (κ1) is 19.2. The first-order chi connectivity index (χ1) is 12.1. The van der Waals surface area contributed by atoms with Crippen LogP contribution in [-0.2, 0) is 0 Å². The van der Waals surface area contributed by atoms with Crippen molar-refractivity contribution in [3.8, 4) is 11.4 Å². The second-order valence-electron chi connectivity index (χ2n) is 6.55. The van der Waals surface area contributed by atoms with Crippen molar-refractivity contribution < 1.29 is 0 Å². The molecule has 0 aliphatic carbocycles. The molecule has 1 fully saturated rings. The Bertz CT molecular complexity index is 929. The average molecular weight is 409 g/mol. The lowest BCUT2D eigenvalue weighted by Crippen LogP contribution is -2.38. The third-order valence-electron chi connectivity index (χ3n) is 4.83. The van der Waals surface area contributed by atoms with Crippen LogP contribution in [0.1, 0.15) is 26.2 Å². The maximum Gasteiger partial charge on any atom is 0.163 e. The van der Waals surface area contributed by atoms with E-state index in [1.165, 1.54) is 19.3 Å². The van der Waals surface area contributed by atoms with Crippen molar-refractivity contribution in [2.75, 3.05) is 11.4 Å². The van der Waals surface area contributed by atoms with Gasteiger partial charge in [0, 0.05) is 28.6 Å². The molecule has 2 aromatic carbocycles. The van der Waals surface area contributed by atoms with Crippen LogP contribution in [-0.4, -0.2) is 22.6 Å². The summed E-state index contributed by atoms with van der Waals surface area (Å²) in [5, 5.41) is 2.27. The number of benzene rings is 2. The molecule has 1 saturated heterocycles. The Labute approximate surface area is 169 Å². The number of halogens is 3. The van der Waals surface area contributed by atoms with Crippen LogP contribution in [0.15, 0.2) is 42.5 Å². The molecule has 3 nitrogen and oxygen atoms in total. The second-order valence-corrected chi connectivity index (χ2v) is 7.39. The van der Waals surface area contributed by atoms with E-state index in [-0.39, 0.29) is 12.4 Å². The molecule has 1 aliphatic heterocycles. The topological polar surface area (TPSA) is 29.0 Å². The van der Waals surface area contributed by atoms with Gasteiger partial charge in [-0.05, 0) is 56.5 Å². The predicted molar refractivity (Wildman–Crippen MR) is 113 cm³/mol. The Balaban J connectivity index is 0.00000196. The number of hydrogen-bond acceptors (Lipinski definition) is 3. The Kier molecular flexibility index (Phi) is 5.91. The second kappa shape index (κ2) is 7.99. The van der Waals surface area contributed by atoms with Gasteiger partial charge in [0.1, 0.15) is 5.82 Å². The van der Waals surface area contributed by atoms with E-state index >= 15 is 0 Å². The van der Waals surface area contributed by atoms with Crippen molar-refractivity contribution in [2.45, 2.75) is 32.2 Å². The first-order valence-corrected chi connectivity index (χ1v) is 9.38. The molecule has 1 aromatic heterocycles. The molecule has 1 atom stereocenters. The molecule has 6 heteroatoms. The van der Waals surface area contributed by atoms with Gasteiger partial charge in [-0.15, -0.1) is 12.4 Å².